The molecule has 0 aliphatic heterocycles. The molecule has 1 nitrogen and oxygen atoms in total. The van der Waals surface area contributed by atoms with Crippen molar-refractivity contribution in [3.63, 3.8) is 0 Å². The predicted octanol–water partition coefficient (Wildman–Crippen LogP) is 6.99. The van der Waals surface area contributed by atoms with Crippen molar-refractivity contribution in [3.05, 3.63) is 66.4 Å². The van der Waals surface area contributed by atoms with Gasteiger partial charge in [-0.05, 0) is 37.5 Å². The first kappa shape index (κ1) is 20.8. The monoisotopic (exact) mass is 385 g/mol. The Morgan fingerprint density at radius 1 is 1.17 bits per heavy atom. The number of rotatable bonds is 3. The van der Waals surface area contributed by atoms with Crippen molar-refractivity contribution in [1.82, 2.24) is 0 Å². The van der Waals surface area contributed by atoms with Gasteiger partial charge in [0.05, 0.1) is 0 Å². The van der Waals surface area contributed by atoms with Crippen LogP contribution in [0.4, 0.5) is 5.69 Å². The Kier molecular flexibility index (Phi) is 9.62. The summed E-state index contributed by atoms with van der Waals surface area (Å²) in [7, 11) is 9.78. The molecule has 0 saturated heterocycles. The third kappa shape index (κ3) is 6.31. The predicted molar refractivity (Wildman–Crippen MR) is 99.8 cm³/mol. The van der Waals surface area contributed by atoms with Crippen molar-refractivity contribution in [1.29, 1.82) is 0 Å². The van der Waals surface area contributed by atoms with Gasteiger partial charge in [0.25, 0.3) is 0 Å². The average molecular weight is 386 g/mol. The number of allylic oxidation sites excluding steroid dienone is 3. The number of nitrogens with zero attached hydrogens (tertiary/aromatic N) is 1. The third-order valence-electron chi connectivity index (χ3n) is 4.47. The van der Waals surface area contributed by atoms with E-state index in [0.29, 0.717) is 0 Å². The van der Waals surface area contributed by atoms with Crippen LogP contribution >= 0.6 is 18.6 Å². The molecule has 2 unspecified atom stereocenters. The van der Waals surface area contributed by atoms with Gasteiger partial charge in [0.2, 0.25) is 0 Å². The van der Waals surface area contributed by atoms with E-state index in [0.717, 1.165) is 30.0 Å². The van der Waals surface area contributed by atoms with Crippen LogP contribution in [0.15, 0.2) is 48.1 Å². The minimum atomic E-state index is -0.556. The average Bonchev–Trinajstić information content (AvgIpc) is 2.88. The van der Waals surface area contributed by atoms with Crippen molar-refractivity contribution < 1.29 is 17.0 Å². The standard InChI is InChI=1S/C18H22N.CH3.2ClH.Ti/c1-13-6-8-17(9-7-13)19-12-16-5-3-4-15-10-14(2)11-18(15)16;;;;/h3-9,14-15,18H,10-12H2,1-2H3;1H3;2*1H;/q2*-1;;;+2/p-2/t14-,15?,18?;;;;/m0..../s1. The zero-order valence-electron chi connectivity index (χ0n) is 14.1. The molecule has 0 aromatic heterocycles. The normalized spacial score (nSPS) is 24.5. The van der Waals surface area contributed by atoms with Gasteiger partial charge in [-0.1, -0.05) is 60.6 Å². The molecule has 0 radical (unpaired) electrons. The molecule has 2 aliphatic carbocycles. The Morgan fingerprint density at radius 2 is 1.83 bits per heavy atom. The number of hydrogen-bond donors (Lipinski definition) is 0. The van der Waals surface area contributed by atoms with Crippen molar-refractivity contribution in [2.24, 2.45) is 17.8 Å². The van der Waals surface area contributed by atoms with E-state index in [2.05, 4.69) is 56.3 Å². The van der Waals surface area contributed by atoms with E-state index in [1.807, 2.05) is 0 Å². The number of fused-ring (bicyclic) bond motifs is 1. The maximum absolute atomic E-state index is 4.89. The minimum absolute atomic E-state index is 0. The van der Waals surface area contributed by atoms with Crippen LogP contribution in [0.1, 0.15) is 25.3 Å². The molecule has 126 valence electrons. The van der Waals surface area contributed by atoms with E-state index < -0.39 is 17.0 Å². The van der Waals surface area contributed by atoms with Crippen molar-refractivity contribution in [2.45, 2.75) is 26.7 Å². The molecule has 0 spiro atoms. The zero-order chi connectivity index (χ0) is 15.9. The topological polar surface area (TPSA) is 14.1 Å². The molecule has 2 aliphatic rings. The second kappa shape index (κ2) is 10.6. The van der Waals surface area contributed by atoms with E-state index >= 15 is 0 Å². The van der Waals surface area contributed by atoms with Gasteiger partial charge < -0.3 is 12.7 Å². The Morgan fingerprint density at radius 3 is 2.48 bits per heavy atom. The van der Waals surface area contributed by atoms with Gasteiger partial charge in [0, 0.05) is 0 Å². The number of halogens is 2. The molecule has 0 N–H and O–H groups in total. The number of benzene rings is 1. The van der Waals surface area contributed by atoms with E-state index in [1.54, 1.807) is 0 Å². The maximum atomic E-state index is 4.89. The first-order valence-corrected chi connectivity index (χ1v) is 12.0. The van der Waals surface area contributed by atoms with Gasteiger partial charge in [0.1, 0.15) is 0 Å². The molecule has 3 atom stereocenters. The van der Waals surface area contributed by atoms with Crippen LogP contribution in [0.5, 0.6) is 0 Å². The van der Waals surface area contributed by atoms with Gasteiger partial charge in [-0.3, -0.25) is 0 Å². The molecule has 1 aromatic rings. The Hall–Kier alpha value is -0.206. The van der Waals surface area contributed by atoms with E-state index in [-0.39, 0.29) is 7.43 Å². The van der Waals surface area contributed by atoms with E-state index in [1.165, 1.54) is 24.0 Å². The van der Waals surface area contributed by atoms with Crippen LogP contribution < -0.4 is 0 Å². The molecular weight excluding hydrogens is 361 g/mol. The summed E-state index contributed by atoms with van der Waals surface area (Å²) < 4.78 is 0. The van der Waals surface area contributed by atoms with Crippen molar-refractivity contribution in [3.8, 4) is 0 Å². The van der Waals surface area contributed by atoms with Crippen molar-refractivity contribution >= 4 is 24.3 Å². The number of aryl methyl sites for hydroxylation is 1. The fourth-order valence-electron chi connectivity index (χ4n) is 3.42. The van der Waals surface area contributed by atoms with Gasteiger partial charge in [0.15, 0.2) is 0 Å². The summed E-state index contributed by atoms with van der Waals surface area (Å²) >= 11 is -0.556. The van der Waals surface area contributed by atoms with Crippen LogP contribution in [0.3, 0.4) is 0 Å². The molecule has 0 bridgehead atoms. The fraction of sp³-hybridized carbons (Fsp3) is 0.421. The zero-order valence-corrected chi connectivity index (χ0v) is 17.2. The van der Waals surface area contributed by atoms with Gasteiger partial charge >= 0.3 is 35.6 Å². The number of hydrogen-bond acceptors (Lipinski definition) is 0. The molecule has 0 amide bonds. The summed E-state index contributed by atoms with van der Waals surface area (Å²) in [5.74, 6) is 2.37. The summed E-state index contributed by atoms with van der Waals surface area (Å²) in [6, 6.07) is 8.50. The molecule has 1 saturated carbocycles. The molecule has 1 aromatic carbocycles. The molecule has 23 heavy (non-hydrogen) atoms. The molecular formula is C19H25Cl2NTi-2. The second-order valence-electron chi connectivity index (χ2n) is 6.20. The molecule has 0 heterocycles. The summed E-state index contributed by atoms with van der Waals surface area (Å²) in [5.41, 5.74) is 3.92. The Labute approximate surface area is 158 Å². The van der Waals surface area contributed by atoms with Gasteiger partial charge in [-0.15, -0.1) is 12.2 Å². The fourth-order valence-corrected chi connectivity index (χ4v) is 3.42. The quantitative estimate of drug-likeness (QED) is 0.393. The summed E-state index contributed by atoms with van der Waals surface area (Å²) in [4.78, 5) is 0. The van der Waals surface area contributed by atoms with Crippen LogP contribution in [0.25, 0.3) is 5.32 Å². The second-order valence-corrected chi connectivity index (χ2v) is 8.78. The Bertz CT molecular complexity index is 525. The third-order valence-corrected chi connectivity index (χ3v) is 4.47. The molecule has 3 rings (SSSR count). The summed E-state index contributed by atoms with van der Waals surface area (Å²) in [6.07, 6.45) is 9.60. The summed E-state index contributed by atoms with van der Waals surface area (Å²) in [5, 5.41) is 4.75. The van der Waals surface area contributed by atoms with Crippen LogP contribution in [-0.2, 0) is 17.0 Å². The Balaban J connectivity index is 0.000000615. The van der Waals surface area contributed by atoms with Gasteiger partial charge in [-0.25, -0.2) is 0 Å². The van der Waals surface area contributed by atoms with Gasteiger partial charge in [-0.2, -0.15) is 0 Å². The first-order valence-electron chi connectivity index (χ1n) is 7.71. The SMILES string of the molecule is Cc1ccc([N-]CC2=CC=CC3C[C@H](C)CC23)cc1.[CH3-].[Cl][Ti][Cl]. The van der Waals surface area contributed by atoms with Crippen LogP contribution in [-0.4, -0.2) is 6.54 Å². The van der Waals surface area contributed by atoms with E-state index in [4.69, 9.17) is 23.9 Å². The van der Waals surface area contributed by atoms with Crippen molar-refractivity contribution in [2.75, 3.05) is 6.54 Å². The van der Waals surface area contributed by atoms with Crippen LogP contribution in [0, 0.1) is 32.1 Å². The summed E-state index contributed by atoms with van der Waals surface area (Å²) in [6.45, 7) is 5.35. The van der Waals surface area contributed by atoms with Crippen LogP contribution in [0.2, 0.25) is 0 Å². The van der Waals surface area contributed by atoms with E-state index in [9.17, 15) is 0 Å². The molecule has 4 heteroatoms. The first-order chi connectivity index (χ1) is 10.6. The molecule has 1 fully saturated rings.